The van der Waals surface area contributed by atoms with Gasteiger partial charge in [0.15, 0.2) is 0 Å². The lowest BCUT2D eigenvalue weighted by atomic mass is 9.97. The summed E-state index contributed by atoms with van der Waals surface area (Å²) in [6.07, 6.45) is 1.02. The van der Waals surface area contributed by atoms with Crippen molar-refractivity contribution in [2.45, 2.75) is 27.2 Å². The smallest absolute Gasteiger partial charge is 0.132 e. The van der Waals surface area contributed by atoms with Crippen LogP contribution in [0.5, 0.6) is 0 Å². The lowest BCUT2D eigenvalue weighted by Gasteiger charge is -2.12. The van der Waals surface area contributed by atoms with E-state index >= 15 is 0 Å². The summed E-state index contributed by atoms with van der Waals surface area (Å²) >= 11 is 0. The van der Waals surface area contributed by atoms with E-state index in [2.05, 4.69) is 0 Å². The third-order valence-corrected chi connectivity index (χ3v) is 2.62. The van der Waals surface area contributed by atoms with Crippen LogP contribution in [0.1, 0.15) is 22.3 Å². The molecule has 76 valence electrons. The third-order valence-electron chi connectivity index (χ3n) is 2.62. The van der Waals surface area contributed by atoms with Crippen LogP contribution >= 0.6 is 0 Å². The minimum absolute atomic E-state index is 0.000556. The van der Waals surface area contributed by atoms with Crippen molar-refractivity contribution >= 4 is 6.21 Å². The molecule has 0 bridgehead atoms. The lowest BCUT2D eigenvalue weighted by molar-refractivity contribution is 0.551. The average Bonchev–Trinajstić information content (AvgIpc) is 2.19. The van der Waals surface area contributed by atoms with Crippen LogP contribution in [0.2, 0.25) is 0 Å². The molecule has 0 aliphatic carbocycles. The minimum Gasteiger partial charge on any atom is -0.313 e. The number of benzene rings is 1. The highest BCUT2D eigenvalue weighted by Gasteiger charge is 2.16. The van der Waals surface area contributed by atoms with Crippen molar-refractivity contribution in [3.05, 3.63) is 33.9 Å². The normalized spacial score (nSPS) is 10.4. The van der Waals surface area contributed by atoms with E-state index in [1.54, 1.807) is 20.8 Å². The Kier molecular flexibility index (Phi) is 2.99. The second-order valence-corrected chi connectivity index (χ2v) is 3.39. The van der Waals surface area contributed by atoms with Gasteiger partial charge in [-0.15, -0.1) is 0 Å². The molecule has 0 atom stereocenters. The highest BCUT2D eigenvalue weighted by molar-refractivity contribution is 5.59. The van der Waals surface area contributed by atoms with Gasteiger partial charge in [-0.05, 0) is 43.7 Å². The molecule has 0 saturated carbocycles. The summed E-state index contributed by atoms with van der Waals surface area (Å²) in [6.45, 7) is 4.96. The second kappa shape index (κ2) is 3.86. The molecule has 1 aromatic carbocycles. The first kappa shape index (κ1) is 10.8. The van der Waals surface area contributed by atoms with Gasteiger partial charge in [-0.2, -0.15) is 0 Å². The van der Waals surface area contributed by atoms with Gasteiger partial charge in [0.05, 0.1) is 0 Å². The van der Waals surface area contributed by atoms with Crippen molar-refractivity contribution in [1.82, 2.24) is 0 Å². The van der Waals surface area contributed by atoms with Gasteiger partial charge in [-0.1, -0.05) is 0 Å². The molecule has 0 spiro atoms. The summed E-state index contributed by atoms with van der Waals surface area (Å²) in [6, 6.07) is 0. The first-order chi connectivity index (χ1) is 6.50. The number of hydrogen-bond acceptors (Lipinski definition) is 1. The van der Waals surface area contributed by atoms with Crippen molar-refractivity contribution in [2.75, 3.05) is 0 Å². The van der Waals surface area contributed by atoms with Gasteiger partial charge >= 0.3 is 0 Å². The van der Waals surface area contributed by atoms with Crippen molar-refractivity contribution in [1.29, 1.82) is 5.41 Å². The van der Waals surface area contributed by atoms with E-state index < -0.39 is 11.6 Å². The summed E-state index contributed by atoms with van der Waals surface area (Å²) in [4.78, 5) is 0. The van der Waals surface area contributed by atoms with E-state index in [-0.39, 0.29) is 12.0 Å². The Morgan fingerprint density at radius 3 is 1.79 bits per heavy atom. The number of rotatable bonds is 2. The molecule has 1 nitrogen and oxygen atoms in total. The Morgan fingerprint density at radius 2 is 1.43 bits per heavy atom. The maximum absolute atomic E-state index is 13.5. The summed E-state index contributed by atoms with van der Waals surface area (Å²) in [7, 11) is 0. The maximum Gasteiger partial charge on any atom is 0.132 e. The number of halogens is 2. The van der Waals surface area contributed by atoms with E-state index in [9.17, 15) is 8.78 Å². The van der Waals surface area contributed by atoms with E-state index in [1.165, 1.54) is 0 Å². The van der Waals surface area contributed by atoms with Crippen molar-refractivity contribution < 1.29 is 8.78 Å². The Morgan fingerprint density at radius 1 is 1.00 bits per heavy atom. The molecular formula is C11H13F2N. The minimum atomic E-state index is -0.519. The van der Waals surface area contributed by atoms with E-state index in [1.807, 2.05) is 0 Å². The average molecular weight is 197 g/mol. The topological polar surface area (TPSA) is 23.9 Å². The van der Waals surface area contributed by atoms with E-state index in [4.69, 9.17) is 5.41 Å². The SMILES string of the molecule is Cc1c(C)c(F)c(CC=N)c(F)c1C. The predicted octanol–water partition coefficient (Wildman–Crippen LogP) is 3.08. The van der Waals surface area contributed by atoms with Gasteiger partial charge in [0.2, 0.25) is 0 Å². The standard InChI is InChI=1S/C11H13F2N/c1-6-7(2)10(12)9(4-5-14)11(13)8(6)3/h5,14H,4H2,1-3H3. The van der Waals surface area contributed by atoms with E-state index in [0.29, 0.717) is 16.7 Å². The van der Waals surface area contributed by atoms with Gasteiger partial charge in [0, 0.05) is 12.0 Å². The summed E-state index contributed by atoms with van der Waals surface area (Å²) in [5.41, 5.74) is 1.59. The maximum atomic E-state index is 13.5. The molecule has 14 heavy (non-hydrogen) atoms. The molecular weight excluding hydrogens is 184 g/mol. The molecule has 0 unspecified atom stereocenters. The van der Waals surface area contributed by atoms with E-state index in [0.717, 1.165) is 6.21 Å². The van der Waals surface area contributed by atoms with Crippen LogP contribution in [0.4, 0.5) is 8.78 Å². The first-order valence-corrected chi connectivity index (χ1v) is 4.43. The quantitative estimate of drug-likeness (QED) is 0.704. The van der Waals surface area contributed by atoms with Crippen molar-refractivity contribution in [2.24, 2.45) is 0 Å². The molecule has 0 amide bonds. The van der Waals surface area contributed by atoms with Crippen LogP contribution in [0.3, 0.4) is 0 Å². The summed E-state index contributed by atoms with van der Waals surface area (Å²) in [5.74, 6) is -1.04. The van der Waals surface area contributed by atoms with Crippen LogP contribution in [0.25, 0.3) is 0 Å². The van der Waals surface area contributed by atoms with Gasteiger partial charge in [-0.3, -0.25) is 0 Å². The molecule has 1 rings (SSSR count). The fourth-order valence-corrected chi connectivity index (χ4v) is 1.44. The molecule has 3 heteroatoms. The van der Waals surface area contributed by atoms with Crippen molar-refractivity contribution in [3.63, 3.8) is 0 Å². The zero-order chi connectivity index (χ0) is 10.9. The first-order valence-electron chi connectivity index (χ1n) is 4.43. The Balaban J connectivity index is 3.50. The van der Waals surface area contributed by atoms with Crippen molar-refractivity contribution in [3.8, 4) is 0 Å². The largest absolute Gasteiger partial charge is 0.313 e. The lowest BCUT2D eigenvalue weighted by Crippen LogP contribution is -2.04. The second-order valence-electron chi connectivity index (χ2n) is 3.39. The number of nitrogens with one attached hydrogen (secondary N) is 1. The predicted molar refractivity (Wildman–Crippen MR) is 53.1 cm³/mol. The van der Waals surface area contributed by atoms with Gasteiger partial charge in [-0.25, -0.2) is 8.78 Å². The molecule has 0 fully saturated rings. The molecule has 0 radical (unpaired) electrons. The zero-order valence-electron chi connectivity index (χ0n) is 8.54. The van der Waals surface area contributed by atoms with Crippen LogP contribution in [0.15, 0.2) is 0 Å². The molecule has 1 aromatic rings. The van der Waals surface area contributed by atoms with Gasteiger partial charge < -0.3 is 5.41 Å². The Bertz CT molecular complexity index is 354. The fourth-order valence-electron chi connectivity index (χ4n) is 1.44. The zero-order valence-corrected chi connectivity index (χ0v) is 8.54. The molecule has 1 N–H and O–H groups in total. The highest BCUT2D eigenvalue weighted by atomic mass is 19.1. The summed E-state index contributed by atoms with van der Waals surface area (Å²) < 4.78 is 27.1. The Labute approximate surface area is 82.3 Å². The monoisotopic (exact) mass is 197 g/mol. The van der Waals surface area contributed by atoms with Gasteiger partial charge in [0.25, 0.3) is 0 Å². The molecule has 0 aliphatic heterocycles. The molecule has 0 aliphatic rings. The molecule has 0 heterocycles. The Hall–Kier alpha value is -1.25. The highest BCUT2D eigenvalue weighted by Crippen LogP contribution is 2.24. The van der Waals surface area contributed by atoms with Crippen LogP contribution in [0, 0.1) is 37.8 Å². The van der Waals surface area contributed by atoms with Gasteiger partial charge in [0.1, 0.15) is 11.6 Å². The molecule has 0 saturated heterocycles. The van der Waals surface area contributed by atoms with Crippen LogP contribution in [-0.4, -0.2) is 6.21 Å². The van der Waals surface area contributed by atoms with Crippen LogP contribution in [-0.2, 0) is 6.42 Å². The number of hydrogen-bond donors (Lipinski definition) is 1. The van der Waals surface area contributed by atoms with Crippen LogP contribution < -0.4 is 0 Å². The molecule has 0 aromatic heterocycles. The summed E-state index contributed by atoms with van der Waals surface area (Å²) in [5, 5.41) is 6.87. The fraction of sp³-hybridized carbons (Fsp3) is 0.364. The third kappa shape index (κ3) is 1.54.